The van der Waals surface area contributed by atoms with Gasteiger partial charge < -0.3 is 14.6 Å². The van der Waals surface area contributed by atoms with Gasteiger partial charge in [-0.05, 0) is 12.8 Å². The van der Waals surface area contributed by atoms with Crippen LogP contribution >= 0.6 is 0 Å². The fourth-order valence-corrected chi connectivity index (χ4v) is 2.39. The van der Waals surface area contributed by atoms with E-state index >= 15 is 0 Å². The third-order valence-corrected chi connectivity index (χ3v) is 2.82. The molecular weight excluding hydrogens is 144 g/mol. The first-order valence-electron chi connectivity index (χ1n) is 3.98. The van der Waals surface area contributed by atoms with E-state index in [0.29, 0.717) is 13.2 Å². The molecule has 1 N–H and O–H groups in total. The van der Waals surface area contributed by atoms with Gasteiger partial charge in [-0.25, -0.2) is 0 Å². The van der Waals surface area contributed by atoms with Crippen LogP contribution in [0.5, 0.6) is 0 Å². The fourth-order valence-electron chi connectivity index (χ4n) is 2.39. The van der Waals surface area contributed by atoms with Gasteiger partial charge >= 0.3 is 0 Å². The lowest BCUT2D eigenvalue weighted by Gasteiger charge is -2.42. The maximum atomic E-state index is 9.03. The number of ether oxygens (including phenoxy) is 2. The van der Waals surface area contributed by atoms with E-state index in [1.807, 2.05) is 0 Å². The van der Waals surface area contributed by atoms with Gasteiger partial charge in [0.15, 0.2) is 0 Å². The van der Waals surface area contributed by atoms with E-state index in [0.717, 1.165) is 12.8 Å². The van der Waals surface area contributed by atoms with Crippen LogP contribution in [0, 0.1) is 5.41 Å². The zero-order valence-corrected chi connectivity index (χ0v) is 6.80. The Balaban J connectivity index is 1.97. The van der Waals surface area contributed by atoms with Crippen LogP contribution in [0.15, 0.2) is 0 Å². The Morgan fingerprint density at radius 1 is 1.55 bits per heavy atom. The van der Waals surface area contributed by atoms with Crippen molar-refractivity contribution in [3.63, 3.8) is 0 Å². The number of aliphatic hydroxyl groups is 1. The zero-order chi connectivity index (χ0) is 7.95. The smallest absolute Gasteiger partial charge is 0.0929 e. The molecule has 0 amide bonds. The molecule has 0 spiro atoms. The van der Waals surface area contributed by atoms with Gasteiger partial charge in [0.2, 0.25) is 0 Å². The number of methoxy groups -OCH3 is 1. The van der Waals surface area contributed by atoms with E-state index in [1.54, 1.807) is 7.11 Å². The van der Waals surface area contributed by atoms with Crippen LogP contribution in [0.2, 0.25) is 0 Å². The van der Waals surface area contributed by atoms with Crippen LogP contribution in [-0.2, 0) is 9.47 Å². The lowest BCUT2D eigenvalue weighted by molar-refractivity contribution is -0.0778. The molecular formula is C8H14O3. The summed E-state index contributed by atoms with van der Waals surface area (Å²) in [6.07, 6.45) is 1.95. The lowest BCUT2D eigenvalue weighted by Crippen LogP contribution is -2.48. The molecule has 3 rings (SSSR count). The number of aliphatic hydroxyl groups excluding tert-OH is 1. The summed E-state index contributed by atoms with van der Waals surface area (Å²) >= 11 is 0. The maximum absolute atomic E-state index is 9.03. The average molecular weight is 158 g/mol. The largest absolute Gasteiger partial charge is 0.396 e. The van der Waals surface area contributed by atoms with Crippen molar-refractivity contribution in [1.82, 2.24) is 0 Å². The van der Waals surface area contributed by atoms with E-state index in [2.05, 4.69) is 0 Å². The normalized spacial score (nSPS) is 47.5. The minimum atomic E-state index is -0.0303. The van der Waals surface area contributed by atoms with Crippen molar-refractivity contribution < 1.29 is 14.6 Å². The Hall–Kier alpha value is -0.120. The summed E-state index contributed by atoms with van der Waals surface area (Å²) < 4.78 is 10.6. The summed E-state index contributed by atoms with van der Waals surface area (Å²) in [5, 5.41) is 9.03. The third-order valence-electron chi connectivity index (χ3n) is 2.82. The zero-order valence-electron chi connectivity index (χ0n) is 6.80. The molecule has 0 radical (unpaired) electrons. The van der Waals surface area contributed by atoms with E-state index in [9.17, 15) is 0 Å². The van der Waals surface area contributed by atoms with Crippen LogP contribution in [0.3, 0.4) is 0 Å². The van der Waals surface area contributed by atoms with Crippen LogP contribution in [0.4, 0.5) is 0 Å². The van der Waals surface area contributed by atoms with E-state index in [-0.39, 0.29) is 17.6 Å². The van der Waals surface area contributed by atoms with E-state index in [4.69, 9.17) is 14.6 Å². The molecule has 0 aromatic carbocycles. The minimum Gasteiger partial charge on any atom is -0.396 e. The van der Waals surface area contributed by atoms with Gasteiger partial charge in [0, 0.05) is 12.5 Å². The summed E-state index contributed by atoms with van der Waals surface area (Å²) in [5.74, 6) is 0. The topological polar surface area (TPSA) is 38.7 Å². The van der Waals surface area contributed by atoms with Crippen LogP contribution in [-0.4, -0.2) is 37.6 Å². The van der Waals surface area contributed by atoms with Crippen molar-refractivity contribution in [2.75, 3.05) is 26.9 Å². The summed E-state index contributed by atoms with van der Waals surface area (Å²) in [4.78, 5) is 0. The highest BCUT2D eigenvalue weighted by Gasteiger charge is 2.61. The Bertz CT molecular complexity index is 161. The van der Waals surface area contributed by atoms with Crippen molar-refractivity contribution in [2.24, 2.45) is 5.41 Å². The van der Waals surface area contributed by atoms with Crippen molar-refractivity contribution in [3.05, 3.63) is 0 Å². The maximum Gasteiger partial charge on any atom is 0.0929 e. The second kappa shape index (κ2) is 2.19. The molecule has 0 aromatic heterocycles. The van der Waals surface area contributed by atoms with Crippen molar-refractivity contribution in [2.45, 2.75) is 18.4 Å². The molecule has 0 atom stereocenters. The van der Waals surface area contributed by atoms with Gasteiger partial charge in [-0.3, -0.25) is 0 Å². The molecule has 3 heteroatoms. The Morgan fingerprint density at radius 2 is 2.27 bits per heavy atom. The third kappa shape index (κ3) is 0.916. The van der Waals surface area contributed by atoms with E-state index < -0.39 is 0 Å². The molecule has 11 heavy (non-hydrogen) atoms. The van der Waals surface area contributed by atoms with Crippen LogP contribution < -0.4 is 0 Å². The van der Waals surface area contributed by atoms with Crippen LogP contribution in [0.1, 0.15) is 12.8 Å². The molecule has 64 valence electrons. The monoisotopic (exact) mass is 158 g/mol. The number of rotatable bonds is 3. The first-order chi connectivity index (χ1) is 5.24. The van der Waals surface area contributed by atoms with Crippen molar-refractivity contribution in [1.29, 1.82) is 0 Å². The summed E-state index contributed by atoms with van der Waals surface area (Å²) in [6, 6.07) is 0. The molecule has 1 aliphatic carbocycles. The van der Waals surface area contributed by atoms with Gasteiger partial charge in [0.1, 0.15) is 0 Å². The quantitative estimate of drug-likeness (QED) is 0.636. The predicted molar refractivity (Wildman–Crippen MR) is 39.3 cm³/mol. The summed E-state index contributed by atoms with van der Waals surface area (Å²) in [6.45, 7) is 1.65. The molecule has 2 saturated heterocycles. The Kier molecular flexibility index (Phi) is 1.50. The van der Waals surface area contributed by atoms with Gasteiger partial charge in [-0.1, -0.05) is 0 Å². The lowest BCUT2D eigenvalue weighted by atomic mass is 9.63. The van der Waals surface area contributed by atoms with Gasteiger partial charge in [-0.15, -0.1) is 0 Å². The fraction of sp³-hybridized carbons (Fsp3) is 1.00. The average Bonchev–Trinajstić information content (AvgIpc) is 2.43. The van der Waals surface area contributed by atoms with Gasteiger partial charge in [-0.2, -0.15) is 0 Å². The highest BCUT2D eigenvalue weighted by atomic mass is 16.6. The molecule has 2 bridgehead atoms. The second-order valence-corrected chi connectivity index (χ2v) is 3.92. The highest BCUT2D eigenvalue weighted by Crippen LogP contribution is 2.57. The molecule has 3 aliphatic rings. The molecule has 2 heterocycles. The Labute approximate surface area is 66.3 Å². The highest BCUT2D eigenvalue weighted by molar-refractivity contribution is 5.10. The first-order valence-corrected chi connectivity index (χ1v) is 3.98. The van der Waals surface area contributed by atoms with Gasteiger partial charge in [0.25, 0.3) is 0 Å². The molecule has 3 fully saturated rings. The van der Waals surface area contributed by atoms with Crippen LogP contribution in [0.25, 0.3) is 0 Å². The summed E-state index contributed by atoms with van der Waals surface area (Å²) in [7, 11) is 1.69. The molecule has 0 aromatic rings. The second-order valence-electron chi connectivity index (χ2n) is 3.92. The van der Waals surface area contributed by atoms with Gasteiger partial charge in [0.05, 0.1) is 25.4 Å². The molecule has 3 nitrogen and oxygen atoms in total. The molecule has 1 saturated carbocycles. The minimum absolute atomic E-state index is 0.0303. The number of hydrogen-bond donors (Lipinski definition) is 1. The predicted octanol–water partition coefficient (Wildman–Crippen LogP) is 0.174. The molecule has 0 unspecified atom stereocenters. The standard InChI is InChI=1S/C8H14O3/c1-10-6-8-2-7(3-8,4-9)5-11-8/h9H,2-6H2,1H3. The number of hydrogen-bond acceptors (Lipinski definition) is 3. The SMILES string of the molecule is COCC12CC(CO)(CO1)C2. The van der Waals surface area contributed by atoms with Crippen molar-refractivity contribution >= 4 is 0 Å². The Morgan fingerprint density at radius 3 is 2.73 bits per heavy atom. The van der Waals surface area contributed by atoms with Crippen molar-refractivity contribution in [3.8, 4) is 0 Å². The summed E-state index contributed by atoms with van der Waals surface area (Å²) in [5.41, 5.74) is 0.0655. The first kappa shape index (κ1) is 7.53. The molecule has 2 aliphatic heterocycles. The van der Waals surface area contributed by atoms with E-state index in [1.165, 1.54) is 0 Å². The number of fused-ring (bicyclic) bond motifs is 1.